The molecule has 2 aromatic rings. The first kappa shape index (κ1) is 17.0. The third-order valence-corrected chi connectivity index (χ3v) is 4.47. The number of nitrogens with one attached hydrogen (secondary N) is 1. The van der Waals surface area contributed by atoms with Crippen LogP contribution in [-0.4, -0.2) is 48.1 Å². The molecule has 1 aromatic heterocycles. The second-order valence-corrected chi connectivity index (χ2v) is 6.92. The predicted octanol–water partition coefficient (Wildman–Crippen LogP) is 3.27. The second-order valence-electron chi connectivity index (χ2n) is 6.48. The average molecular weight is 346 g/mol. The molecule has 1 aromatic carbocycles. The van der Waals surface area contributed by atoms with Gasteiger partial charge in [-0.1, -0.05) is 23.7 Å². The summed E-state index contributed by atoms with van der Waals surface area (Å²) in [5.41, 5.74) is 1.26. The number of benzene rings is 1. The number of halogens is 1. The number of piperidine rings is 1. The Labute approximate surface area is 148 Å². The molecule has 0 radical (unpaired) electrons. The first-order valence-corrected chi connectivity index (χ1v) is 8.71. The van der Waals surface area contributed by atoms with Crippen LogP contribution < -0.4 is 10.2 Å². The molecule has 0 bridgehead atoms. The Hall–Kier alpha value is -1.85. The van der Waals surface area contributed by atoms with Gasteiger partial charge in [0.15, 0.2) is 0 Å². The molecule has 1 unspecified atom stereocenters. The summed E-state index contributed by atoms with van der Waals surface area (Å²) < 4.78 is 0. The highest BCUT2D eigenvalue weighted by atomic mass is 35.5. The van der Waals surface area contributed by atoms with Crippen molar-refractivity contribution in [1.29, 1.82) is 0 Å². The highest BCUT2D eigenvalue weighted by Gasteiger charge is 2.20. The normalized spacial score (nSPS) is 18.4. The van der Waals surface area contributed by atoms with Gasteiger partial charge >= 0.3 is 0 Å². The van der Waals surface area contributed by atoms with Crippen molar-refractivity contribution in [2.75, 3.05) is 37.4 Å². The first-order valence-electron chi connectivity index (χ1n) is 8.34. The Morgan fingerprint density at radius 3 is 3.00 bits per heavy atom. The van der Waals surface area contributed by atoms with Gasteiger partial charge in [-0.2, -0.15) is 4.98 Å². The van der Waals surface area contributed by atoms with Gasteiger partial charge in [-0.05, 0) is 43.1 Å². The molecule has 2 heterocycles. The molecule has 1 atom stereocenters. The van der Waals surface area contributed by atoms with Gasteiger partial charge in [0.25, 0.3) is 0 Å². The van der Waals surface area contributed by atoms with E-state index in [1.54, 1.807) is 6.20 Å². The monoisotopic (exact) mass is 345 g/mol. The molecule has 1 aliphatic rings. The summed E-state index contributed by atoms with van der Waals surface area (Å²) in [7, 11) is 3.97. The van der Waals surface area contributed by atoms with Gasteiger partial charge in [-0.3, -0.25) is 4.90 Å². The largest absolute Gasteiger partial charge is 0.363 e. The molecule has 0 aliphatic carbocycles. The van der Waals surface area contributed by atoms with E-state index in [1.165, 1.54) is 12.0 Å². The van der Waals surface area contributed by atoms with Crippen LogP contribution in [0.1, 0.15) is 18.4 Å². The van der Waals surface area contributed by atoms with Crippen molar-refractivity contribution in [1.82, 2.24) is 14.9 Å². The fourth-order valence-electron chi connectivity index (χ4n) is 3.06. The van der Waals surface area contributed by atoms with Crippen LogP contribution in [-0.2, 0) is 6.54 Å². The Balaban J connectivity index is 1.60. The molecule has 5 nitrogen and oxygen atoms in total. The third-order valence-electron chi connectivity index (χ3n) is 4.23. The summed E-state index contributed by atoms with van der Waals surface area (Å²) >= 11 is 6.09. The van der Waals surface area contributed by atoms with E-state index in [4.69, 9.17) is 11.6 Å². The van der Waals surface area contributed by atoms with Gasteiger partial charge in [0.05, 0.1) is 0 Å². The smallest absolute Gasteiger partial charge is 0.224 e. The van der Waals surface area contributed by atoms with E-state index in [-0.39, 0.29) is 0 Å². The van der Waals surface area contributed by atoms with E-state index in [2.05, 4.69) is 26.3 Å². The van der Waals surface area contributed by atoms with Crippen LogP contribution in [0.4, 0.5) is 11.8 Å². The van der Waals surface area contributed by atoms with E-state index in [9.17, 15) is 0 Å². The highest BCUT2D eigenvalue weighted by Crippen LogP contribution is 2.19. The lowest BCUT2D eigenvalue weighted by molar-refractivity contribution is 0.208. The lowest BCUT2D eigenvalue weighted by Gasteiger charge is -2.33. The van der Waals surface area contributed by atoms with E-state index < -0.39 is 0 Å². The molecule has 1 saturated heterocycles. The number of aromatic nitrogens is 2. The molecule has 0 amide bonds. The first-order chi connectivity index (χ1) is 11.6. The van der Waals surface area contributed by atoms with Crippen molar-refractivity contribution >= 4 is 23.4 Å². The highest BCUT2D eigenvalue weighted by molar-refractivity contribution is 6.30. The number of rotatable bonds is 5. The molecule has 1 aliphatic heterocycles. The van der Waals surface area contributed by atoms with E-state index in [1.807, 2.05) is 43.3 Å². The summed E-state index contributed by atoms with van der Waals surface area (Å²) in [6, 6.07) is 10.4. The molecule has 24 heavy (non-hydrogen) atoms. The minimum absolute atomic E-state index is 0.371. The van der Waals surface area contributed by atoms with Crippen molar-refractivity contribution in [3.63, 3.8) is 0 Å². The molecule has 6 heteroatoms. The zero-order valence-corrected chi connectivity index (χ0v) is 15.0. The zero-order chi connectivity index (χ0) is 16.9. The summed E-state index contributed by atoms with van der Waals surface area (Å²) in [5, 5.41) is 4.29. The Morgan fingerprint density at radius 1 is 1.33 bits per heavy atom. The van der Waals surface area contributed by atoms with Crippen LogP contribution in [0.5, 0.6) is 0 Å². The van der Waals surface area contributed by atoms with E-state index >= 15 is 0 Å². The van der Waals surface area contributed by atoms with Crippen molar-refractivity contribution < 1.29 is 0 Å². The fraction of sp³-hybridized carbons (Fsp3) is 0.444. The van der Waals surface area contributed by atoms with Gasteiger partial charge in [0, 0.05) is 44.4 Å². The lowest BCUT2D eigenvalue weighted by atomic mass is 10.0. The SMILES string of the molecule is CN(C)c1ccnc(NC2CCCN(Cc3cccc(Cl)c3)C2)n1. The number of likely N-dealkylation sites (tertiary alicyclic amines) is 1. The van der Waals surface area contributed by atoms with Crippen LogP contribution in [0.15, 0.2) is 36.5 Å². The molecule has 1 fully saturated rings. The Kier molecular flexibility index (Phi) is 5.53. The van der Waals surface area contributed by atoms with Gasteiger partial charge in [-0.15, -0.1) is 0 Å². The standard InChI is InChI=1S/C18H24ClN5/c1-23(2)17-8-9-20-18(22-17)21-16-7-4-10-24(13-16)12-14-5-3-6-15(19)11-14/h3,5-6,8-9,11,16H,4,7,10,12-13H2,1-2H3,(H,20,21,22). The topological polar surface area (TPSA) is 44.3 Å². The third kappa shape index (κ3) is 4.58. The van der Waals surface area contributed by atoms with Gasteiger partial charge in [0.2, 0.25) is 5.95 Å². The summed E-state index contributed by atoms with van der Waals surface area (Å²) in [5.74, 6) is 1.62. The molecule has 0 saturated carbocycles. The Morgan fingerprint density at radius 2 is 2.21 bits per heavy atom. The van der Waals surface area contributed by atoms with E-state index in [0.717, 1.165) is 36.9 Å². The van der Waals surface area contributed by atoms with Crippen LogP contribution >= 0.6 is 11.6 Å². The van der Waals surface area contributed by atoms with E-state index in [0.29, 0.717) is 12.0 Å². The minimum Gasteiger partial charge on any atom is -0.363 e. The minimum atomic E-state index is 0.371. The van der Waals surface area contributed by atoms with Crippen molar-refractivity contribution in [3.05, 3.63) is 47.1 Å². The van der Waals surface area contributed by atoms with Crippen molar-refractivity contribution in [3.8, 4) is 0 Å². The van der Waals surface area contributed by atoms with Crippen molar-refractivity contribution in [2.45, 2.75) is 25.4 Å². The second kappa shape index (κ2) is 7.81. The number of nitrogens with zero attached hydrogens (tertiary/aromatic N) is 4. The molecule has 128 valence electrons. The van der Waals surface area contributed by atoms with Crippen LogP contribution in [0.2, 0.25) is 5.02 Å². The maximum absolute atomic E-state index is 6.09. The molecular weight excluding hydrogens is 322 g/mol. The summed E-state index contributed by atoms with van der Waals surface area (Å²) in [6.45, 7) is 3.03. The summed E-state index contributed by atoms with van der Waals surface area (Å²) in [4.78, 5) is 13.4. The quantitative estimate of drug-likeness (QED) is 0.901. The lowest BCUT2D eigenvalue weighted by Crippen LogP contribution is -2.41. The average Bonchev–Trinajstić information content (AvgIpc) is 2.55. The van der Waals surface area contributed by atoms with Crippen LogP contribution in [0.3, 0.4) is 0 Å². The Bertz CT molecular complexity index is 676. The zero-order valence-electron chi connectivity index (χ0n) is 14.2. The van der Waals surface area contributed by atoms with Gasteiger partial charge in [-0.25, -0.2) is 4.98 Å². The molecule has 0 spiro atoms. The van der Waals surface area contributed by atoms with Crippen molar-refractivity contribution in [2.24, 2.45) is 0 Å². The molecular formula is C18H24ClN5. The number of hydrogen-bond donors (Lipinski definition) is 1. The fourth-order valence-corrected chi connectivity index (χ4v) is 3.27. The maximum atomic E-state index is 6.09. The van der Waals surface area contributed by atoms with Gasteiger partial charge in [0.1, 0.15) is 5.82 Å². The van der Waals surface area contributed by atoms with Gasteiger partial charge < -0.3 is 10.2 Å². The predicted molar refractivity (Wildman–Crippen MR) is 99.7 cm³/mol. The number of anilines is 2. The maximum Gasteiger partial charge on any atom is 0.224 e. The van der Waals surface area contributed by atoms with Crippen LogP contribution in [0.25, 0.3) is 0 Å². The molecule has 3 rings (SSSR count). The van der Waals surface area contributed by atoms with Crippen LogP contribution in [0, 0.1) is 0 Å². The molecule has 1 N–H and O–H groups in total. The summed E-state index contributed by atoms with van der Waals surface area (Å²) in [6.07, 6.45) is 4.12. The number of hydrogen-bond acceptors (Lipinski definition) is 5.